The Balaban J connectivity index is 2.43. The van der Waals surface area contributed by atoms with Crippen LogP contribution in [0.25, 0.3) is 0 Å². The van der Waals surface area contributed by atoms with Crippen molar-refractivity contribution in [3.8, 4) is 0 Å². The molecule has 1 aliphatic rings. The minimum Gasteiger partial charge on any atom is -0.0845 e. The van der Waals surface area contributed by atoms with Crippen LogP contribution in [0.1, 0.15) is 25.7 Å². The highest BCUT2D eigenvalue weighted by Gasteiger charge is 1.82. The van der Waals surface area contributed by atoms with Crippen LogP contribution in [0.4, 0.5) is 0 Å². The summed E-state index contributed by atoms with van der Waals surface area (Å²) in [6.07, 6.45) is 22.5. The number of hydrogen-bond donors (Lipinski definition) is 0. The molecule has 0 aromatic rings. The summed E-state index contributed by atoms with van der Waals surface area (Å²) in [6, 6.07) is 0. The molecule has 0 aliphatic heterocycles. The number of hydrogen-bond acceptors (Lipinski definition) is 0. The van der Waals surface area contributed by atoms with Crippen LogP contribution < -0.4 is 0 Å². The van der Waals surface area contributed by atoms with E-state index in [0.29, 0.717) is 0 Å². The molecule has 0 unspecified atom stereocenters. The molecular weight excluding hydrogens is 144 g/mol. The van der Waals surface area contributed by atoms with Gasteiger partial charge in [0.05, 0.1) is 0 Å². The first kappa shape index (κ1) is 9.05. The van der Waals surface area contributed by atoms with Crippen LogP contribution in [0.15, 0.2) is 42.5 Å². The molecule has 12 heavy (non-hydrogen) atoms. The minimum atomic E-state index is 1.18. The largest absolute Gasteiger partial charge is 0.0845 e. The average molecular weight is 159 g/mol. The maximum Gasteiger partial charge on any atom is -0.0187 e. The van der Waals surface area contributed by atoms with Crippen LogP contribution in [-0.2, 0) is 0 Å². The zero-order valence-electron chi connectivity index (χ0n) is 7.37. The Morgan fingerprint density at radius 2 is 1.67 bits per heavy atom. The van der Waals surface area contributed by atoms with Gasteiger partial charge in [-0.1, -0.05) is 42.5 Å². The van der Waals surface area contributed by atoms with Crippen LogP contribution in [-0.4, -0.2) is 0 Å². The van der Waals surface area contributed by atoms with Crippen molar-refractivity contribution in [3.05, 3.63) is 48.6 Å². The molecule has 0 saturated heterocycles. The van der Waals surface area contributed by atoms with E-state index in [1.807, 2.05) is 24.3 Å². The summed E-state index contributed by atoms with van der Waals surface area (Å²) in [5.74, 6) is 0. The van der Waals surface area contributed by atoms with Crippen molar-refractivity contribution in [1.29, 1.82) is 0 Å². The SMILES string of the molecule is [C]1=C/C=C\C=C\CCCC\C=C/1. The van der Waals surface area contributed by atoms with Crippen LogP contribution in [0.2, 0.25) is 0 Å². The summed E-state index contributed by atoms with van der Waals surface area (Å²) in [6.45, 7) is 0. The number of allylic oxidation sites excluding steroid dienone is 8. The van der Waals surface area contributed by atoms with E-state index in [4.69, 9.17) is 0 Å². The van der Waals surface area contributed by atoms with Gasteiger partial charge >= 0.3 is 0 Å². The Morgan fingerprint density at radius 1 is 0.833 bits per heavy atom. The van der Waals surface area contributed by atoms with E-state index in [-0.39, 0.29) is 0 Å². The van der Waals surface area contributed by atoms with Gasteiger partial charge in [0.1, 0.15) is 0 Å². The fourth-order valence-corrected chi connectivity index (χ4v) is 1.08. The van der Waals surface area contributed by atoms with E-state index >= 15 is 0 Å². The van der Waals surface area contributed by atoms with Crippen molar-refractivity contribution >= 4 is 0 Å². The lowest BCUT2D eigenvalue weighted by atomic mass is 10.1. The number of rotatable bonds is 0. The van der Waals surface area contributed by atoms with Gasteiger partial charge < -0.3 is 0 Å². The molecule has 0 atom stereocenters. The second-order valence-corrected chi connectivity index (χ2v) is 2.83. The lowest BCUT2D eigenvalue weighted by Crippen LogP contribution is -1.72. The third-order valence-corrected chi connectivity index (χ3v) is 1.76. The summed E-state index contributed by atoms with van der Waals surface area (Å²) in [5.41, 5.74) is 0. The lowest BCUT2D eigenvalue weighted by molar-refractivity contribution is 0.762. The van der Waals surface area contributed by atoms with Crippen molar-refractivity contribution < 1.29 is 0 Å². The molecular formula is C12H15. The van der Waals surface area contributed by atoms with Gasteiger partial charge in [-0.05, 0) is 31.8 Å². The van der Waals surface area contributed by atoms with Crippen molar-refractivity contribution in [2.24, 2.45) is 0 Å². The van der Waals surface area contributed by atoms with Crippen molar-refractivity contribution in [1.82, 2.24) is 0 Å². The maximum absolute atomic E-state index is 3.08. The van der Waals surface area contributed by atoms with E-state index < -0.39 is 0 Å². The molecule has 1 radical (unpaired) electrons. The van der Waals surface area contributed by atoms with Crippen molar-refractivity contribution in [2.45, 2.75) is 25.7 Å². The molecule has 1 rings (SSSR count). The van der Waals surface area contributed by atoms with Gasteiger partial charge in [0.2, 0.25) is 0 Å². The Hall–Kier alpha value is -1.04. The van der Waals surface area contributed by atoms with E-state index in [1.54, 1.807) is 0 Å². The van der Waals surface area contributed by atoms with E-state index in [1.165, 1.54) is 25.7 Å². The van der Waals surface area contributed by atoms with Gasteiger partial charge in [-0.3, -0.25) is 0 Å². The molecule has 0 bridgehead atoms. The summed E-state index contributed by atoms with van der Waals surface area (Å²) >= 11 is 0. The molecule has 0 aromatic heterocycles. The van der Waals surface area contributed by atoms with Crippen LogP contribution in [0.5, 0.6) is 0 Å². The molecule has 0 aromatic carbocycles. The van der Waals surface area contributed by atoms with Gasteiger partial charge in [0.25, 0.3) is 0 Å². The monoisotopic (exact) mass is 159 g/mol. The molecule has 0 saturated carbocycles. The van der Waals surface area contributed by atoms with Crippen molar-refractivity contribution in [2.75, 3.05) is 0 Å². The Bertz CT molecular complexity index is 180. The minimum absolute atomic E-state index is 1.18. The summed E-state index contributed by atoms with van der Waals surface area (Å²) < 4.78 is 0. The predicted molar refractivity (Wildman–Crippen MR) is 53.7 cm³/mol. The van der Waals surface area contributed by atoms with Gasteiger partial charge in [-0.2, -0.15) is 0 Å². The first-order valence-corrected chi connectivity index (χ1v) is 4.56. The zero-order valence-corrected chi connectivity index (χ0v) is 7.37. The molecule has 0 nitrogen and oxygen atoms in total. The van der Waals surface area contributed by atoms with Gasteiger partial charge in [-0.15, -0.1) is 0 Å². The summed E-state index contributed by atoms with van der Waals surface area (Å²) in [4.78, 5) is 0. The summed E-state index contributed by atoms with van der Waals surface area (Å²) in [5, 5.41) is 0. The van der Waals surface area contributed by atoms with E-state index in [0.717, 1.165) is 0 Å². The molecule has 0 N–H and O–H groups in total. The highest BCUT2D eigenvalue weighted by molar-refractivity contribution is 5.12. The van der Waals surface area contributed by atoms with Crippen molar-refractivity contribution in [3.63, 3.8) is 0 Å². The lowest BCUT2D eigenvalue weighted by Gasteiger charge is -1.92. The summed E-state index contributed by atoms with van der Waals surface area (Å²) in [7, 11) is 0. The van der Waals surface area contributed by atoms with Gasteiger partial charge in [-0.25, -0.2) is 0 Å². The second kappa shape index (κ2) is 6.66. The Kier molecular flexibility index (Phi) is 5.02. The maximum atomic E-state index is 3.08. The topological polar surface area (TPSA) is 0 Å². The quantitative estimate of drug-likeness (QED) is 0.506. The highest BCUT2D eigenvalue weighted by atomic mass is 13.9. The van der Waals surface area contributed by atoms with Gasteiger partial charge in [0.15, 0.2) is 0 Å². The first-order valence-electron chi connectivity index (χ1n) is 4.56. The fourth-order valence-electron chi connectivity index (χ4n) is 1.08. The molecule has 0 heterocycles. The van der Waals surface area contributed by atoms with Crippen LogP contribution in [0.3, 0.4) is 0 Å². The molecule has 0 fully saturated rings. The van der Waals surface area contributed by atoms with E-state index in [9.17, 15) is 0 Å². The van der Waals surface area contributed by atoms with Gasteiger partial charge in [0, 0.05) is 0 Å². The molecule has 0 amide bonds. The smallest absolute Gasteiger partial charge is 0.0187 e. The molecule has 1 aliphatic carbocycles. The van der Waals surface area contributed by atoms with Crippen LogP contribution >= 0.6 is 0 Å². The van der Waals surface area contributed by atoms with E-state index in [2.05, 4.69) is 24.3 Å². The normalized spacial score (nSPS) is 29.3. The fraction of sp³-hybridized carbons (Fsp3) is 0.333. The molecule has 0 heteroatoms. The molecule has 63 valence electrons. The Labute approximate surface area is 75.0 Å². The van der Waals surface area contributed by atoms with Crippen LogP contribution in [0, 0.1) is 6.08 Å². The standard InChI is InChI=1S/C12H15/c1-2-4-6-8-10-12-11-9-7-5-3-1/h1-5,9,11H,6,8,10,12H2/b3-1-,4-2+,7-5?,11-9-. The zero-order chi connectivity index (χ0) is 8.49. The second-order valence-electron chi connectivity index (χ2n) is 2.83. The average Bonchev–Trinajstić information content (AvgIpc) is 2.05. The third-order valence-electron chi connectivity index (χ3n) is 1.76. The third kappa shape index (κ3) is 4.73. The molecule has 0 spiro atoms. The first-order chi connectivity index (χ1) is 6.00. The Morgan fingerprint density at radius 3 is 2.58 bits per heavy atom. The highest BCUT2D eigenvalue weighted by Crippen LogP contribution is 2.02. The predicted octanol–water partition coefficient (Wildman–Crippen LogP) is 3.59.